The Morgan fingerprint density at radius 2 is 2.21 bits per heavy atom. The third-order valence-corrected chi connectivity index (χ3v) is 2.24. The molecule has 0 spiro atoms. The van der Waals surface area contributed by atoms with Crippen molar-refractivity contribution < 1.29 is 4.42 Å². The summed E-state index contributed by atoms with van der Waals surface area (Å²) in [5.41, 5.74) is 3.87. The zero-order chi connectivity index (χ0) is 9.64. The van der Waals surface area contributed by atoms with Crippen molar-refractivity contribution >= 4 is 21.6 Å². The molecule has 0 bridgehead atoms. The second kappa shape index (κ2) is 4.53. The molecule has 0 aliphatic carbocycles. The molecule has 2 heterocycles. The summed E-state index contributed by atoms with van der Waals surface area (Å²) in [6.07, 6.45) is 5.22. The number of thiazole rings is 1. The van der Waals surface area contributed by atoms with Crippen LogP contribution in [-0.4, -0.2) is 9.97 Å². The molecule has 0 saturated carbocycles. The van der Waals surface area contributed by atoms with Gasteiger partial charge in [0.1, 0.15) is 6.26 Å². The second-order valence-electron chi connectivity index (χ2n) is 2.40. The highest BCUT2D eigenvalue weighted by atomic mass is 32.1. The maximum Gasteiger partial charge on any atom is 0.283 e. The van der Waals surface area contributed by atoms with Gasteiger partial charge in [-0.15, -0.1) is 11.3 Å². The van der Waals surface area contributed by atoms with Gasteiger partial charge in [-0.3, -0.25) is 0 Å². The SMILES string of the molecule is [c]1nc2ccccc2s1.[c]1ncco1. The fourth-order valence-electron chi connectivity index (χ4n) is 0.909. The number of para-hydroxylation sites is 1. The molecule has 3 nitrogen and oxygen atoms in total. The summed E-state index contributed by atoms with van der Waals surface area (Å²) in [4.78, 5) is 7.44. The van der Waals surface area contributed by atoms with Crippen LogP contribution in [0.1, 0.15) is 0 Å². The molecule has 3 aromatic rings. The number of hydrogen-bond donors (Lipinski definition) is 0. The first kappa shape index (κ1) is 8.90. The molecular formula is C10H6N2OS. The molecule has 0 amide bonds. The Morgan fingerprint density at radius 1 is 1.29 bits per heavy atom. The zero-order valence-corrected chi connectivity index (χ0v) is 7.99. The normalized spacial score (nSPS) is 9.43. The molecule has 1 aromatic carbocycles. The van der Waals surface area contributed by atoms with Crippen LogP contribution in [0.2, 0.25) is 0 Å². The molecule has 0 N–H and O–H groups in total. The lowest BCUT2D eigenvalue weighted by atomic mass is 10.3. The van der Waals surface area contributed by atoms with Gasteiger partial charge in [0.15, 0.2) is 5.51 Å². The van der Waals surface area contributed by atoms with Crippen molar-refractivity contribution in [1.29, 1.82) is 0 Å². The van der Waals surface area contributed by atoms with Crippen LogP contribution in [0.4, 0.5) is 0 Å². The summed E-state index contributed by atoms with van der Waals surface area (Å²) in [6.45, 7) is 0. The Morgan fingerprint density at radius 3 is 2.86 bits per heavy atom. The van der Waals surface area contributed by atoms with E-state index in [0.29, 0.717) is 0 Å². The lowest BCUT2D eigenvalue weighted by Crippen LogP contribution is -1.61. The molecule has 0 unspecified atom stereocenters. The van der Waals surface area contributed by atoms with Crippen molar-refractivity contribution in [3.8, 4) is 0 Å². The number of aromatic nitrogens is 2. The number of rotatable bonds is 0. The first-order valence-electron chi connectivity index (χ1n) is 3.94. The van der Waals surface area contributed by atoms with Gasteiger partial charge >= 0.3 is 0 Å². The van der Waals surface area contributed by atoms with Crippen molar-refractivity contribution in [3.63, 3.8) is 0 Å². The van der Waals surface area contributed by atoms with Crippen LogP contribution in [0.3, 0.4) is 0 Å². The highest BCUT2D eigenvalue weighted by Crippen LogP contribution is 2.14. The summed E-state index contributed by atoms with van der Waals surface area (Å²) in [5.74, 6) is 0. The van der Waals surface area contributed by atoms with Gasteiger partial charge < -0.3 is 4.42 Å². The predicted octanol–water partition coefficient (Wildman–Crippen LogP) is 2.57. The molecule has 4 heteroatoms. The van der Waals surface area contributed by atoms with Crippen LogP contribution < -0.4 is 0 Å². The van der Waals surface area contributed by atoms with Crippen LogP contribution in [0.25, 0.3) is 10.2 Å². The molecule has 68 valence electrons. The van der Waals surface area contributed by atoms with E-state index in [1.54, 1.807) is 11.3 Å². The van der Waals surface area contributed by atoms with E-state index in [-0.39, 0.29) is 0 Å². The van der Waals surface area contributed by atoms with Crippen LogP contribution in [0.5, 0.6) is 0 Å². The molecule has 0 aliphatic rings. The smallest absolute Gasteiger partial charge is 0.283 e. The summed E-state index contributed by atoms with van der Waals surface area (Å²) >= 11 is 1.55. The summed E-state index contributed by atoms with van der Waals surface area (Å²) in [7, 11) is 0. The van der Waals surface area contributed by atoms with Gasteiger partial charge in [0.2, 0.25) is 0 Å². The Labute approximate surface area is 85.0 Å². The number of hydrogen-bond acceptors (Lipinski definition) is 4. The highest BCUT2D eigenvalue weighted by Gasteiger charge is 1.90. The van der Waals surface area contributed by atoms with Crippen LogP contribution in [-0.2, 0) is 0 Å². The van der Waals surface area contributed by atoms with Crippen LogP contribution >= 0.6 is 11.3 Å². The maximum absolute atomic E-state index is 4.35. The third-order valence-electron chi connectivity index (χ3n) is 1.50. The molecule has 3 rings (SSSR count). The molecule has 14 heavy (non-hydrogen) atoms. The van der Waals surface area contributed by atoms with Crippen LogP contribution in [0, 0.1) is 11.9 Å². The van der Waals surface area contributed by atoms with Gasteiger partial charge in [-0.2, -0.15) is 0 Å². The molecule has 2 aromatic heterocycles. The third kappa shape index (κ3) is 2.17. The number of oxazole rings is 1. The Hall–Kier alpha value is -1.68. The Bertz CT molecular complexity index is 428. The monoisotopic (exact) mass is 202 g/mol. The fourth-order valence-corrected chi connectivity index (χ4v) is 1.52. The van der Waals surface area contributed by atoms with Gasteiger partial charge in [-0.25, -0.2) is 9.97 Å². The Balaban J connectivity index is 0.000000128. The van der Waals surface area contributed by atoms with E-state index in [1.807, 2.05) is 24.3 Å². The predicted molar refractivity (Wildman–Crippen MR) is 53.8 cm³/mol. The molecule has 0 atom stereocenters. The van der Waals surface area contributed by atoms with Crippen molar-refractivity contribution in [1.82, 2.24) is 9.97 Å². The van der Waals surface area contributed by atoms with E-state index >= 15 is 0 Å². The standard InChI is InChI=1S/C7H4NS.C3H2NO/c1-2-4-7-6(3-1)8-5-9-7;1-2-5-3-4-1/h1-4H;1-2H. The zero-order valence-electron chi connectivity index (χ0n) is 7.18. The number of fused-ring (bicyclic) bond motifs is 1. The van der Waals surface area contributed by atoms with Gasteiger partial charge in [0, 0.05) is 0 Å². The lowest BCUT2D eigenvalue weighted by molar-refractivity contribution is 0.548. The largest absolute Gasteiger partial charge is 0.441 e. The lowest BCUT2D eigenvalue weighted by Gasteiger charge is -1.80. The molecular weight excluding hydrogens is 196 g/mol. The molecule has 2 radical (unpaired) electrons. The van der Waals surface area contributed by atoms with Gasteiger partial charge in [-0.05, 0) is 12.1 Å². The van der Waals surface area contributed by atoms with Crippen molar-refractivity contribution in [3.05, 3.63) is 48.6 Å². The quantitative estimate of drug-likeness (QED) is 0.562. The average molecular weight is 202 g/mol. The maximum atomic E-state index is 4.35. The van der Waals surface area contributed by atoms with E-state index in [1.165, 1.54) is 17.2 Å². The van der Waals surface area contributed by atoms with Crippen molar-refractivity contribution in [2.45, 2.75) is 0 Å². The number of benzene rings is 1. The van der Waals surface area contributed by atoms with Crippen molar-refractivity contribution in [2.24, 2.45) is 0 Å². The summed E-state index contributed by atoms with van der Waals surface area (Å²) in [6, 6.07) is 8.02. The first-order chi connectivity index (χ1) is 6.97. The summed E-state index contributed by atoms with van der Waals surface area (Å²) < 4.78 is 5.55. The van der Waals surface area contributed by atoms with E-state index in [2.05, 4.69) is 26.3 Å². The van der Waals surface area contributed by atoms with E-state index in [0.717, 1.165) is 5.52 Å². The van der Waals surface area contributed by atoms with Gasteiger partial charge in [0.25, 0.3) is 6.39 Å². The first-order valence-corrected chi connectivity index (χ1v) is 4.75. The number of nitrogens with zero attached hydrogens (tertiary/aromatic N) is 2. The van der Waals surface area contributed by atoms with Gasteiger partial charge in [-0.1, -0.05) is 12.1 Å². The second-order valence-corrected chi connectivity index (χ2v) is 3.22. The van der Waals surface area contributed by atoms with E-state index in [4.69, 9.17) is 0 Å². The minimum absolute atomic E-state index is 1.04. The molecule has 0 aliphatic heterocycles. The topological polar surface area (TPSA) is 38.9 Å². The highest BCUT2D eigenvalue weighted by molar-refractivity contribution is 7.16. The molecule has 0 fully saturated rings. The van der Waals surface area contributed by atoms with Crippen molar-refractivity contribution in [2.75, 3.05) is 0 Å². The minimum atomic E-state index is 1.04. The van der Waals surface area contributed by atoms with Crippen LogP contribution in [0.15, 0.2) is 41.1 Å². The van der Waals surface area contributed by atoms with E-state index < -0.39 is 0 Å². The molecule has 0 saturated heterocycles. The Kier molecular flexibility index (Phi) is 2.88. The van der Waals surface area contributed by atoms with E-state index in [9.17, 15) is 0 Å². The average Bonchev–Trinajstić information content (AvgIpc) is 2.92. The minimum Gasteiger partial charge on any atom is -0.441 e. The summed E-state index contributed by atoms with van der Waals surface area (Å²) in [5, 5.41) is 0. The fraction of sp³-hybridized carbons (Fsp3) is 0. The van der Waals surface area contributed by atoms with Gasteiger partial charge in [0.05, 0.1) is 16.4 Å².